The van der Waals surface area contributed by atoms with Crippen molar-refractivity contribution in [1.82, 2.24) is 4.90 Å². The van der Waals surface area contributed by atoms with Gasteiger partial charge in [0.05, 0.1) is 11.5 Å². The SMILES string of the molecule is CC[C@H](O)[C@@H]1Oc2c(O)ccc3c2[C@@]12CCN(CC1CCC1)[C@](O)(C3)[C@@]2(C)O. The Kier molecular flexibility index (Phi) is 3.90. The molecule has 5 atom stereocenters. The number of phenols is 1. The molecule has 6 nitrogen and oxygen atoms in total. The van der Waals surface area contributed by atoms with Gasteiger partial charge in [0.2, 0.25) is 0 Å². The van der Waals surface area contributed by atoms with Gasteiger partial charge in [-0.2, -0.15) is 0 Å². The molecule has 1 spiro atoms. The van der Waals surface area contributed by atoms with E-state index in [2.05, 4.69) is 4.90 Å². The molecule has 2 aliphatic carbocycles. The largest absolute Gasteiger partial charge is 0.504 e. The van der Waals surface area contributed by atoms with Crippen molar-refractivity contribution in [3.05, 3.63) is 23.3 Å². The van der Waals surface area contributed by atoms with Gasteiger partial charge in [-0.05, 0) is 50.2 Å². The molecule has 2 heterocycles. The summed E-state index contributed by atoms with van der Waals surface area (Å²) < 4.78 is 6.13. The summed E-state index contributed by atoms with van der Waals surface area (Å²) in [6.45, 7) is 4.99. The second-order valence-corrected chi connectivity index (χ2v) is 9.49. The first-order chi connectivity index (χ1) is 13.3. The van der Waals surface area contributed by atoms with Crippen LogP contribution in [0.5, 0.6) is 11.5 Å². The standard InChI is InChI=1S/C22H31NO5/c1-3-15(24)19-21-9-10-23(12-13-5-4-6-13)22(27,20(21,2)26)11-14-7-8-16(25)18(28-19)17(14)21/h7-8,13,15,19,24-27H,3-6,9-12H2,1-2H3/t15-,19-,20-,21-,22-/m0/s1. The number of nitrogens with zero attached hydrogens (tertiary/aromatic N) is 1. The van der Waals surface area contributed by atoms with Crippen molar-refractivity contribution in [3.63, 3.8) is 0 Å². The fraction of sp³-hybridized carbons (Fsp3) is 0.727. The molecule has 154 valence electrons. The van der Waals surface area contributed by atoms with Crippen molar-refractivity contribution in [2.75, 3.05) is 13.1 Å². The number of phenolic OH excluding ortho intramolecular Hbond substituents is 1. The number of rotatable bonds is 4. The maximum Gasteiger partial charge on any atom is 0.165 e. The Morgan fingerprint density at radius 3 is 2.68 bits per heavy atom. The van der Waals surface area contributed by atoms with Gasteiger partial charge in [-0.3, -0.25) is 4.90 Å². The maximum atomic E-state index is 12.0. The second-order valence-electron chi connectivity index (χ2n) is 9.49. The van der Waals surface area contributed by atoms with Crippen molar-refractivity contribution >= 4 is 0 Å². The smallest absolute Gasteiger partial charge is 0.165 e. The minimum Gasteiger partial charge on any atom is -0.504 e. The van der Waals surface area contributed by atoms with Crippen LogP contribution in [0.2, 0.25) is 0 Å². The quantitative estimate of drug-likeness (QED) is 0.626. The third-order valence-electron chi connectivity index (χ3n) is 8.26. The van der Waals surface area contributed by atoms with Crippen molar-refractivity contribution < 1.29 is 25.2 Å². The second kappa shape index (κ2) is 5.85. The molecule has 0 aromatic heterocycles. The van der Waals surface area contributed by atoms with Crippen molar-refractivity contribution in [3.8, 4) is 11.5 Å². The van der Waals surface area contributed by atoms with Crippen LogP contribution in [0.3, 0.4) is 0 Å². The predicted octanol–water partition coefficient (Wildman–Crippen LogP) is 1.66. The highest BCUT2D eigenvalue weighted by Gasteiger charge is 2.74. The Bertz CT molecular complexity index is 806. The van der Waals surface area contributed by atoms with Crippen molar-refractivity contribution in [2.24, 2.45) is 5.92 Å². The van der Waals surface area contributed by atoms with Crippen molar-refractivity contribution in [2.45, 2.75) is 81.3 Å². The normalized spacial score (nSPS) is 40.5. The van der Waals surface area contributed by atoms with E-state index in [0.717, 1.165) is 17.7 Å². The van der Waals surface area contributed by atoms with E-state index in [0.29, 0.717) is 31.1 Å². The molecule has 0 unspecified atom stereocenters. The van der Waals surface area contributed by atoms with Crippen LogP contribution >= 0.6 is 0 Å². The number of likely N-dealkylation sites (tertiary alicyclic amines) is 1. The lowest BCUT2D eigenvalue weighted by molar-refractivity contribution is -0.297. The van der Waals surface area contributed by atoms with E-state index in [4.69, 9.17) is 4.74 Å². The maximum absolute atomic E-state index is 12.0. The molecule has 1 saturated heterocycles. The molecule has 28 heavy (non-hydrogen) atoms. The van der Waals surface area contributed by atoms with Gasteiger partial charge in [-0.25, -0.2) is 0 Å². The minimum atomic E-state index is -1.52. The Morgan fingerprint density at radius 2 is 2.04 bits per heavy atom. The lowest BCUT2D eigenvalue weighted by atomic mass is 9.51. The summed E-state index contributed by atoms with van der Waals surface area (Å²) in [5.74, 6) is 0.967. The molecule has 1 aromatic rings. The van der Waals surface area contributed by atoms with Crippen LogP contribution in [-0.2, 0) is 11.8 Å². The van der Waals surface area contributed by atoms with Crippen LogP contribution < -0.4 is 4.74 Å². The van der Waals surface area contributed by atoms with Crippen LogP contribution in [-0.4, -0.2) is 61.9 Å². The molecular formula is C22H31NO5. The zero-order valence-corrected chi connectivity index (χ0v) is 16.7. The van der Waals surface area contributed by atoms with Gasteiger partial charge >= 0.3 is 0 Å². The number of fused-ring (bicyclic) bond motifs is 1. The first-order valence-corrected chi connectivity index (χ1v) is 10.7. The summed E-state index contributed by atoms with van der Waals surface area (Å²) in [6.07, 6.45) is 3.41. The molecular weight excluding hydrogens is 358 g/mol. The third-order valence-corrected chi connectivity index (χ3v) is 8.26. The lowest BCUT2D eigenvalue weighted by Gasteiger charge is -2.64. The summed E-state index contributed by atoms with van der Waals surface area (Å²) in [6, 6.07) is 3.43. The third kappa shape index (κ3) is 2.02. The van der Waals surface area contributed by atoms with Gasteiger partial charge in [0.25, 0.3) is 0 Å². The number of benzene rings is 1. The van der Waals surface area contributed by atoms with Gasteiger partial charge in [-0.1, -0.05) is 19.4 Å². The Labute approximate surface area is 165 Å². The van der Waals surface area contributed by atoms with Crippen LogP contribution in [0, 0.1) is 5.92 Å². The zero-order chi connectivity index (χ0) is 19.9. The molecule has 4 N–H and O–H groups in total. The number of aliphatic hydroxyl groups is 3. The minimum absolute atomic E-state index is 0.0297. The van der Waals surface area contributed by atoms with Crippen LogP contribution in [0.1, 0.15) is 57.1 Å². The molecule has 2 aliphatic heterocycles. The number of ether oxygens (including phenoxy) is 1. The molecule has 5 rings (SSSR count). The average molecular weight is 389 g/mol. The molecule has 1 saturated carbocycles. The monoisotopic (exact) mass is 389 g/mol. The average Bonchev–Trinajstić information content (AvgIpc) is 2.97. The Balaban J connectivity index is 1.69. The number of piperidine rings is 1. The molecule has 6 heteroatoms. The zero-order valence-electron chi connectivity index (χ0n) is 16.7. The van der Waals surface area contributed by atoms with Crippen molar-refractivity contribution in [1.29, 1.82) is 0 Å². The fourth-order valence-corrected chi connectivity index (χ4v) is 6.33. The highest BCUT2D eigenvalue weighted by atomic mass is 16.5. The fourth-order valence-electron chi connectivity index (χ4n) is 6.33. The van der Waals surface area contributed by atoms with Gasteiger partial charge in [-0.15, -0.1) is 0 Å². The van der Waals surface area contributed by atoms with Crippen LogP contribution in [0.15, 0.2) is 12.1 Å². The summed E-state index contributed by atoms with van der Waals surface area (Å²) in [4.78, 5) is 2.06. The number of aromatic hydroxyl groups is 1. The summed E-state index contributed by atoms with van der Waals surface area (Å²) in [5.41, 5.74) is -2.22. The van der Waals surface area contributed by atoms with E-state index in [1.54, 1.807) is 13.0 Å². The van der Waals surface area contributed by atoms with E-state index < -0.39 is 28.9 Å². The van der Waals surface area contributed by atoms with Gasteiger partial charge in [0.1, 0.15) is 11.7 Å². The summed E-state index contributed by atoms with van der Waals surface area (Å²) in [7, 11) is 0. The van der Waals surface area contributed by atoms with E-state index in [1.165, 1.54) is 19.3 Å². The first kappa shape index (κ1) is 18.7. The highest BCUT2D eigenvalue weighted by Crippen LogP contribution is 2.64. The number of hydrogen-bond donors (Lipinski definition) is 4. The molecule has 4 aliphatic rings. The highest BCUT2D eigenvalue weighted by molar-refractivity contribution is 5.62. The summed E-state index contributed by atoms with van der Waals surface area (Å²) >= 11 is 0. The van der Waals surface area contributed by atoms with Gasteiger partial charge in [0.15, 0.2) is 17.2 Å². The van der Waals surface area contributed by atoms with Crippen LogP contribution in [0.25, 0.3) is 0 Å². The number of aliphatic hydroxyl groups excluding tert-OH is 1. The molecule has 2 fully saturated rings. The van der Waals surface area contributed by atoms with Gasteiger partial charge in [0, 0.05) is 25.1 Å². The van der Waals surface area contributed by atoms with E-state index in [9.17, 15) is 20.4 Å². The van der Waals surface area contributed by atoms with Crippen LogP contribution in [0.4, 0.5) is 0 Å². The molecule has 0 radical (unpaired) electrons. The van der Waals surface area contributed by atoms with E-state index in [1.807, 2.05) is 13.0 Å². The molecule has 1 aromatic carbocycles. The predicted molar refractivity (Wildman–Crippen MR) is 103 cm³/mol. The molecule has 0 amide bonds. The lowest BCUT2D eigenvalue weighted by Crippen LogP contribution is -2.80. The number of hydrogen-bond acceptors (Lipinski definition) is 6. The molecule has 2 bridgehead atoms. The van der Waals surface area contributed by atoms with E-state index >= 15 is 0 Å². The Morgan fingerprint density at radius 1 is 1.29 bits per heavy atom. The van der Waals surface area contributed by atoms with E-state index in [-0.39, 0.29) is 12.2 Å². The first-order valence-electron chi connectivity index (χ1n) is 10.7. The topological polar surface area (TPSA) is 93.4 Å². The Hall–Kier alpha value is -1.34. The van der Waals surface area contributed by atoms with Gasteiger partial charge < -0.3 is 25.2 Å². The summed E-state index contributed by atoms with van der Waals surface area (Å²) in [5, 5.41) is 45.1.